The van der Waals surface area contributed by atoms with Crippen molar-refractivity contribution >= 4 is 0 Å². The van der Waals surface area contributed by atoms with E-state index in [2.05, 4.69) is 4.90 Å². The molecule has 1 atom stereocenters. The summed E-state index contributed by atoms with van der Waals surface area (Å²) in [7, 11) is 0. The Balaban J connectivity index is 1.90. The van der Waals surface area contributed by atoms with Gasteiger partial charge in [0.25, 0.3) is 0 Å². The van der Waals surface area contributed by atoms with Gasteiger partial charge in [0.2, 0.25) is 0 Å². The first-order valence-corrected chi connectivity index (χ1v) is 6.39. The van der Waals surface area contributed by atoms with E-state index in [1.54, 1.807) is 0 Å². The number of hydrogen-bond donors (Lipinski definition) is 2. The van der Waals surface area contributed by atoms with Crippen LogP contribution in [-0.4, -0.2) is 59.7 Å². The molecule has 1 saturated carbocycles. The van der Waals surface area contributed by atoms with E-state index in [1.807, 2.05) is 0 Å². The largest absolute Gasteiger partial charge is 0.395 e. The van der Waals surface area contributed by atoms with Crippen molar-refractivity contribution in [3.05, 3.63) is 0 Å². The second-order valence-electron chi connectivity index (χ2n) is 5.01. The molecule has 1 heterocycles. The molecule has 4 nitrogen and oxygen atoms in total. The highest BCUT2D eigenvalue weighted by atomic mass is 16.5. The smallest absolute Gasteiger partial charge is 0.0697 e. The zero-order valence-electron chi connectivity index (χ0n) is 9.90. The van der Waals surface area contributed by atoms with Crippen LogP contribution >= 0.6 is 0 Å². The average Bonchev–Trinajstić information content (AvgIpc) is 2.27. The Morgan fingerprint density at radius 2 is 1.88 bits per heavy atom. The maximum Gasteiger partial charge on any atom is 0.0697 e. The molecule has 0 aromatic carbocycles. The van der Waals surface area contributed by atoms with Gasteiger partial charge in [0.05, 0.1) is 18.8 Å². The molecule has 0 amide bonds. The van der Waals surface area contributed by atoms with Gasteiger partial charge in [0.15, 0.2) is 0 Å². The number of nitrogens with zero attached hydrogens (tertiary/aromatic N) is 1. The third-order valence-corrected chi connectivity index (χ3v) is 4.02. The molecule has 1 spiro atoms. The Hall–Kier alpha value is -0.160. The third-order valence-electron chi connectivity index (χ3n) is 4.02. The quantitative estimate of drug-likeness (QED) is 0.715. The normalized spacial score (nSPS) is 28.3. The van der Waals surface area contributed by atoms with Crippen molar-refractivity contribution < 1.29 is 14.9 Å². The first-order valence-electron chi connectivity index (χ1n) is 6.39. The van der Waals surface area contributed by atoms with Crippen molar-refractivity contribution in [2.45, 2.75) is 43.7 Å². The molecule has 0 radical (unpaired) electrons. The fourth-order valence-electron chi connectivity index (χ4n) is 2.97. The molecule has 1 unspecified atom stereocenters. The minimum absolute atomic E-state index is 0.145. The Morgan fingerprint density at radius 1 is 1.19 bits per heavy atom. The van der Waals surface area contributed by atoms with E-state index in [0.29, 0.717) is 19.1 Å². The molecule has 2 N–H and O–H groups in total. The van der Waals surface area contributed by atoms with Gasteiger partial charge in [0.1, 0.15) is 0 Å². The van der Waals surface area contributed by atoms with Crippen LogP contribution in [0, 0.1) is 0 Å². The monoisotopic (exact) mass is 229 g/mol. The van der Waals surface area contributed by atoms with Crippen molar-refractivity contribution in [2.75, 3.05) is 32.9 Å². The predicted molar refractivity (Wildman–Crippen MR) is 61.3 cm³/mol. The Bertz CT molecular complexity index is 212. The van der Waals surface area contributed by atoms with Gasteiger partial charge in [-0.15, -0.1) is 0 Å². The molecule has 2 fully saturated rings. The van der Waals surface area contributed by atoms with Crippen molar-refractivity contribution in [2.24, 2.45) is 0 Å². The lowest BCUT2D eigenvalue weighted by Crippen LogP contribution is -2.53. The van der Waals surface area contributed by atoms with Gasteiger partial charge < -0.3 is 14.9 Å². The summed E-state index contributed by atoms with van der Waals surface area (Å²) in [5.41, 5.74) is 0.145. The molecule has 16 heavy (non-hydrogen) atoms. The predicted octanol–water partition coefficient (Wildman–Crippen LogP) is 0.375. The van der Waals surface area contributed by atoms with Crippen LogP contribution in [0.2, 0.25) is 0 Å². The first kappa shape index (κ1) is 12.3. The number of hydrogen-bond acceptors (Lipinski definition) is 4. The lowest BCUT2D eigenvalue weighted by atomic mass is 9.73. The molecule has 2 aliphatic rings. The van der Waals surface area contributed by atoms with Gasteiger partial charge in [-0.05, 0) is 32.1 Å². The van der Waals surface area contributed by atoms with Crippen molar-refractivity contribution in [3.63, 3.8) is 0 Å². The van der Waals surface area contributed by atoms with E-state index >= 15 is 0 Å². The second-order valence-corrected chi connectivity index (χ2v) is 5.01. The van der Waals surface area contributed by atoms with Gasteiger partial charge in [-0.2, -0.15) is 0 Å². The van der Waals surface area contributed by atoms with Crippen LogP contribution in [0.25, 0.3) is 0 Å². The highest BCUT2D eigenvalue weighted by Crippen LogP contribution is 2.43. The summed E-state index contributed by atoms with van der Waals surface area (Å²) in [5.74, 6) is 0. The lowest BCUT2D eigenvalue weighted by Gasteiger charge is -2.49. The third kappa shape index (κ3) is 2.56. The highest BCUT2D eigenvalue weighted by Gasteiger charge is 2.43. The SMILES string of the molecule is OCCN(CCO)C1CCOC2(CCC2)C1. The topological polar surface area (TPSA) is 52.9 Å². The maximum atomic E-state index is 9.04. The zero-order chi connectivity index (χ0) is 11.4. The molecular weight excluding hydrogens is 206 g/mol. The van der Waals surface area contributed by atoms with Crippen LogP contribution < -0.4 is 0 Å². The van der Waals surface area contributed by atoms with Gasteiger partial charge in [-0.25, -0.2) is 0 Å². The molecule has 0 aromatic heterocycles. The van der Waals surface area contributed by atoms with Gasteiger partial charge in [-0.1, -0.05) is 0 Å². The Labute approximate surface area is 97.2 Å². The van der Waals surface area contributed by atoms with Crippen LogP contribution in [0.3, 0.4) is 0 Å². The fourth-order valence-corrected chi connectivity index (χ4v) is 2.97. The molecular formula is C12H23NO3. The molecule has 1 aliphatic carbocycles. The molecule has 94 valence electrons. The first-order chi connectivity index (χ1) is 7.79. The minimum Gasteiger partial charge on any atom is -0.395 e. The van der Waals surface area contributed by atoms with Gasteiger partial charge >= 0.3 is 0 Å². The summed E-state index contributed by atoms with van der Waals surface area (Å²) in [6.45, 7) is 2.51. The summed E-state index contributed by atoms with van der Waals surface area (Å²) in [6.07, 6.45) is 5.77. The highest BCUT2D eigenvalue weighted by molar-refractivity contribution is 4.96. The van der Waals surface area contributed by atoms with Crippen molar-refractivity contribution in [3.8, 4) is 0 Å². The van der Waals surface area contributed by atoms with Crippen molar-refractivity contribution in [1.29, 1.82) is 0 Å². The molecule has 1 saturated heterocycles. The van der Waals surface area contributed by atoms with E-state index in [4.69, 9.17) is 14.9 Å². The summed E-state index contributed by atoms with van der Waals surface area (Å²) in [6, 6.07) is 0.480. The summed E-state index contributed by atoms with van der Waals surface area (Å²) < 4.78 is 5.89. The minimum atomic E-state index is 0.145. The number of aliphatic hydroxyl groups excluding tert-OH is 2. The average molecular weight is 229 g/mol. The number of aliphatic hydroxyl groups is 2. The van der Waals surface area contributed by atoms with Gasteiger partial charge in [-0.3, -0.25) is 4.90 Å². The number of rotatable bonds is 5. The molecule has 2 rings (SSSR count). The Morgan fingerprint density at radius 3 is 2.38 bits per heavy atom. The molecule has 0 bridgehead atoms. The summed E-state index contributed by atoms with van der Waals surface area (Å²) in [4.78, 5) is 2.21. The summed E-state index contributed by atoms with van der Waals surface area (Å²) in [5, 5.41) is 18.1. The summed E-state index contributed by atoms with van der Waals surface area (Å²) >= 11 is 0. The van der Waals surface area contributed by atoms with Crippen LogP contribution in [0.4, 0.5) is 0 Å². The van der Waals surface area contributed by atoms with E-state index in [9.17, 15) is 0 Å². The fraction of sp³-hybridized carbons (Fsp3) is 1.00. The van der Waals surface area contributed by atoms with Crippen LogP contribution in [0.1, 0.15) is 32.1 Å². The van der Waals surface area contributed by atoms with Crippen LogP contribution in [-0.2, 0) is 4.74 Å². The second kappa shape index (κ2) is 5.45. The van der Waals surface area contributed by atoms with Crippen molar-refractivity contribution in [1.82, 2.24) is 4.90 Å². The van der Waals surface area contributed by atoms with E-state index < -0.39 is 0 Å². The lowest BCUT2D eigenvalue weighted by molar-refractivity contribution is -0.149. The number of ether oxygens (including phenoxy) is 1. The molecule has 0 aromatic rings. The van der Waals surface area contributed by atoms with Crippen LogP contribution in [0.15, 0.2) is 0 Å². The molecule has 4 heteroatoms. The van der Waals surface area contributed by atoms with Crippen LogP contribution in [0.5, 0.6) is 0 Å². The zero-order valence-corrected chi connectivity index (χ0v) is 9.90. The molecule has 1 aliphatic heterocycles. The Kier molecular flexibility index (Phi) is 4.19. The van der Waals surface area contributed by atoms with E-state index in [1.165, 1.54) is 19.3 Å². The van der Waals surface area contributed by atoms with E-state index in [-0.39, 0.29) is 18.8 Å². The van der Waals surface area contributed by atoms with Gasteiger partial charge in [0, 0.05) is 25.7 Å². The standard InChI is InChI=1S/C12H23NO3/c14-7-5-13(6-8-15)11-2-9-16-12(10-11)3-1-4-12/h11,14-15H,1-10H2. The van der Waals surface area contributed by atoms with E-state index in [0.717, 1.165) is 19.4 Å². The maximum absolute atomic E-state index is 9.04.